The SMILES string of the molecule is O=C(O)CN(CC(F)(F)F)C(=O)NCc1ccccc1Br. The van der Waals surface area contributed by atoms with Crippen LogP contribution >= 0.6 is 15.9 Å². The topological polar surface area (TPSA) is 69.6 Å². The minimum Gasteiger partial charge on any atom is -0.480 e. The number of hydrogen-bond acceptors (Lipinski definition) is 2. The van der Waals surface area contributed by atoms with Gasteiger partial charge in [-0.1, -0.05) is 34.1 Å². The van der Waals surface area contributed by atoms with Crippen LogP contribution in [0.15, 0.2) is 28.7 Å². The van der Waals surface area contributed by atoms with Gasteiger partial charge in [-0.25, -0.2) is 4.79 Å². The molecule has 0 saturated heterocycles. The van der Waals surface area contributed by atoms with Gasteiger partial charge in [-0.15, -0.1) is 0 Å². The molecule has 1 rings (SSSR count). The number of carboxylic acids is 1. The van der Waals surface area contributed by atoms with Crippen molar-refractivity contribution in [1.82, 2.24) is 10.2 Å². The highest BCUT2D eigenvalue weighted by molar-refractivity contribution is 9.10. The maximum atomic E-state index is 12.3. The molecule has 0 saturated carbocycles. The number of rotatable bonds is 5. The van der Waals surface area contributed by atoms with Crippen LogP contribution in [-0.4, -0.2) is 41.3 Å². The van der Waals surface area contributed by atoms with Crippen LogP contribution in [0.1, 0.15) is 5.56 Å². The van der Waals surface area contributed by atoms with Crippen LogP contribution < -0.4 is 5.32 Å². The van der Waals surface area contributed by atoms with Crippen molar-refractivity contribution in [2.75, 3.05) is 13.1 Å². The Morgan fingerprint density at radius 1 is 1.29 bits per heavy atom. The monoisotopic (exact) mass is 368 g/mol. The Hall–Kier alpha value is -1.77. The van der Waals surface area contributed by atoms with Crippen LogP contribution in [-0.2, 0) is 11.3 Å². The molecule has 0 radical (unpaired) electrons. The summed E-state index contributed by atoms with van der Waals surface area (Å²) in [6, 6.07) is 5.75. The maximum Gasteiger partial charge on any atom is 0.406 e. The second-order valence-electron chi connectivity index (χ2n) is 4.12. The number of aliphatic carboxylic acids is 1. The molecular formula is C12H12BrF3N2O3. The molecule has 2 N–H and O–H groups in total. The lowest BCUT2D eigenvalue weighted by atomic mass is 10.2. The molecule has 1 aromatic carbocycles. The van der Waals surface area contributed by atoms with Gasteiger partial charge in [-0.05, 0) is 11.6 Å². The third-order valence-electron chi connectivity index (χ3n) is 2.37. The molecule has 0 spiro atoms. The predicted octanol–water partition coefficient (Wildman–Crippen LogP) is 2.61. The second kappa shape index (κ2) is 7.30. The van der Waals surface area contributed by atoms with Gasteiger partial charge in [-0.2, -0.15) is 13.2 Å². The largest absolute Gasteiger partial charge is 0.480 e. The predicted molar refractivity (Wildman–Crippen MR) is 71.6 cm³/mol. The Labute approximate surface area is 126 Å². The number of alkyl halides is 3. The van der Waals surface area contributed by atoms with E-state index in [0.29, 0.717) is 10.0 Å². The highest BCUT2D eigenvalue weighted by atomic mass is 79.9. The number of benzene rings is 1. The highest BCUT2D eigenvalue weighted by Crippen LogP contribution is 2.17. The molecule has 5 nitrogen and oxygen atoms in total. The Balaban J connectivity index is 2.68. The minimum atomic E-state index is -4.67. The van der Waals surface area contributed by atoms with Crippen LogP contribution in [0.2, 0.25) is 0 Å². The van der Waals surface area contributed by atoms with Gasteiger partial charge in [0.1, 0.15) is 13.1 Å². The van der Waals surface area contributed by atoms with Gasteiger partial charge in [0.15, 0.2) is 0 Å². The van der Waals surface area contributed by atoms with E-state index in [4.69, 9.17) is 5.11 Å². The first-order chi connectivity index (χ1) is 9.69. The van der Waals surface area contributed by atoms with Gasteiger partial charge in [0.05, 0.1) is 0 Å². The van der Waals surface area contributed by atoms with Crippen LogP contribution in [0.4, 0.5) is 18.0 Å². The molecular weight excluding hydrogens is 357 g/mol. The quantitative estimate of drug-likeness (QED) is 0.839. The van der Waals surface area contributed by atoms with Crippen molar-refractivity contribution < 1.29 is 27.9 Å². The summed E-state index contributed by atoms with van der Waals surface area (Å²) in [5.74, 6) is -1.52. The number of amides is 2. The van der Waals surface area contributed by atoms with E-state index in [0.717, 1.165) is 0 Å². The maximum absolute atomic E-state index is 12.3. The van der Waals surface area contributed by atoms with Crippen LogP contribution in [0, 0.1) is 0 Å². The summed E-state index contributed by atoms with van der Waals surface area (Å²) in [7, 11) is 0. The molecule has 9 heteroatoms. The molecule has 0 aliphatic carbocycles. The van der Waals surface area contributed by atoms with E-state index in [1.54, 1.807) is 24.3 Å². The average molecular weight is 369 g/mol. The fourth-order valence-electron chi connectivity index (χ4n) is 1.50. The normalized spacial score (nSPS) is 11.0. The van der Waals surface area contributed by atoms with E-state index in [1.807, 2.05) is 0 Å². The van der Waals surface area contributed by atoms with Crippen molar-refractivity contribution in [3.05, 3.63) is 34.3 Å². The van der Waals surface area contributed by atoms with Gasteiger partial charge < -0.3 is 15.3 Å². The number of carbonyl (C=O) groups is 2. The Morgan fingerprint density at radius 3 is 2.43 bits per heavy atom. The first-order valence-electron chi connectivity index (χ1n) is 5.74. The number of urea groups is 1. The minimum absolute atomic E-state index is 0.0196. The summed E-state index contributed by atoms with van der Waals surface area (Å²) in [6.45, 7) is -2.67. The Kier molecular flexibility index (Phi) is 6.01. The van der Waals surface area contributed by atoms with Crippen LogP contribution in [0.3, 0.4) is 0 Å². The molecule has 0 fully saturated rings. The lowest BCUT2D eigenvalue weighted by molar-refractivity contribution is -0.148. The van der Waals surface area contributed by atoms with Gasteiger partial charge in [0.2, 0.25) is 0 Å². The highest BCUT2D eigenvalue weighted by Gasteiger charge is 2.33. The molecule has 0 heterocycles. The molecule has 1 aromatic rings. The van der Waals surface area contributed by atoms with Crippen molar-refractivity contribution in [2.45, 2.75) is 12.7 Å². The van der Waals surface area contributed by atoms with Gasteiger partial charge in [0.25, 0.3) is 0 Å². The fourth-order valence-corrected chi connectivity index (χ4v) is 1.93. The zero-order chi connectivity index (χ0) is 16.0. The summed E-state index contributed by atoms with van der Waals surface area (Å²) in [5.41, 5.74) is 0.660. The first kappa shape index (κ1) is 17.3. The number of hydrogen-bond donors (Lipinski definition) is 2. The Bertz CT molecular complexity index is 523. The molecule has 0 aromatic heterocycles. The molecule has 0 bridgehead atoms. The van der Waals surface area contributed by atoms with E-state index in [2.05, 4.69) is 21.2 Å². The smallest absolute Gasteiger partial charge is 0.406 e. The third-order valence-corrected chi connectivity index (χ3v) is 3.15. The lowest BCUT2D eigenvalue weighted by Crippen LogP contribution is -2.46. The summed E-state index contributed by atoms with van der Waals surface area (Å²) in [6.07, 6.45) is -4.67. The second-order valence-corrected chi connectivity index (χ2v) is 4.97. The summed E-state index contributed by atoms with van der Waals surface area (Å²) in [4.78, 5) is 22.4. The molecule has 0 aliphatic heterocycles. The molecule has 0 unspecified atom stereocenters. The zero-order valence-corrected chi connectivity index (χ0v) is 12.2. The standard InChI is InChI=1S/C12H12BrF3N2O3/c13-9-4-2-1-3-8(9)5-17-11(21)18(6-10(19)20)7-12(14,15)16/h1-4H,5-7H2,(H,17,21)(H,19,20). The molecule has 21 heavy (non-hydrogen) atoms. The molecule has 116 valence electrons. The zero-order valence-electron chi connectivity index (χ0n) is 10.7. The van der Waals surface area contributed by atoms with Crippen molar-refractivity contribution in [3.8, 4) is 0 Å². The lowest BCUT2D eigenvalue weighted by Gasteiger charge is -2.22. The van der Waals surface area contributed by atoms with Gasteiger partial charge >= 0.3 is 18.2 Å². The molecule has 0 aliphatic rings. The number of nitrogens with one attached hydrogen (secondary N) is 1. The van der Waals surface area contributed by atoms with Crippen molar-refractivity contribution in [1.29, 1.82) is 0 Å². The number of carboxylic acid groups (broad SMARTS) is 1. The summed E-state index contributed by atoms with van der Waals surface area (Å²) < 4.78 is 37.7. The third kappa shape index (κ3) is 6.48. The van der Waals surface area contributed by atoms with Crippen LogP contribution in [0.25, 0.3) is 0 Å². The van der Waals surface area contributed by atoms with E-state index in [9.17, 15) is 22.8 Å². The molecule has 2 amide bonds. The Morgan fingerprint density at radius 2 is 1.90 bits per heavy atom. The first-order valence-corrected chi connectivity index (χ1v) is 6.53. The summed E-state index contributed by atoms with van der Waals surface area (Å²) in [5, 5.41) is 10.8. The number of halogens is 4. The van der Waals surface area contributed by atoms with E-state index >= 15 is 0 Å². The number of carbonyl (C=O) groups excluding carboxylic acids is 1. The van der Waals surface area contributed by atoms with Crippen molar-refractivity contribution in [2.24, 2.45) is 0 Å². The van der Waals surface area contributed by atoms with Crippen molar-refractivity contribution in [3.63, 3.8) is 0 Å². The summed E-state index contributed by atoms with van der Waals surface area (Å²) >= 11 is 3.23. The molecule has 0 atom stereocenters. The van der Waals surface area contributed by atoms with Gasteiger partial charge in [-0.3, -0.25) is 4.79 Å². The van der Waals surface area contributed by atoms with E-state index in [1.165, 1.54) is 0 Å². The van der Waals surface area contributed by atoms with Crippen molar-refractivity contribution >= 4 is 27.9 Å². The van der Waals surface area contributed by atoms with E-state index < -0.39 is 31.3 Å². The number of nitrogens with zero attached hydrogens (tertiary/aromatic N) is 1. The van der Waals surface area contributed by atoms with Crippen LogP contribution in [0.5, 0.6) is 0 Å². The van der Waals surface area contributed by atoms with Gasteiger partial charge in [0, 0.05) is 11.0 Å². The van der Waals surface area contributed by atoms with E-state index in [-0.39, 0.29) is 11.4 Å². The average Bonchev–Trinajstić information content (AvgIpc) is 2.34. The fraction of sp³-hybridized carbons (Fsp3) is 0.333.